The zero-order valence-electron chi connectivity index (χ0n) is 10.1. The van der Waals surface area contributed by atoms with Crippen molar-refractivity contribution in [2.45, 2.75) is 24.8 Å². The number of aryl methyl sites for hydroxylation is 1. The van der Waals surface area contributed by atoms with Crippen LogP contribution in [0.3, 0.4) is 0 Å². The van der Waals surface area contributed by atoms with Gasteiger partial charge in [0.1, 0.15) is 5.75 Å². The molecular weight excluding hydrogens is 249 g/mol. The van der Waals surface area contributed by atoms with Crippen LogP contribution in [-0.4, -0.2) is 31.3 Å². The number of hydrogen-bond donors (Lipinski definition) is 1. The minimum absolute atomic E-state index is 0.0688. The molecule has 0 aliphatic heterocycles. The van der Waals surface area contributed by atoms with Gasteiger partial charge >= 0.3 is 6.18 Å². The fraction of sp³-hybridized carbons (Fsp3) is 0.500. The van der Waals surface area contributed by atoms with Gasteiger partial charge in [0.05, 0.1) is 0 Å². The van der Waals surface area contributed by atoms with Crippen LogP contribution in [0.4, 0.5) is 13.2 Å². The number of ether oxygens (including phenoxy) is 2. The Kier molecular flexibility index (Phi) is 4.59. The van der Waals surface area contributed by atoms with E-state index in [9.17, 15) is 13.2 Å². The monoisotopic (exact) mass is 264 g/mol. The predicted octanol–water partition coefficient (Wildman–Crippen LogP) is 2.88. The second-order valence-corrected chi connectivity index (χ2v) is 3.83. The van der Waals surface area contributed by atoms with E-state index in [1.807, 2.05) is 0 Å². The van der Waals surface area contributed by atoms with E-state index in [4.69, 9.17) is 5.11 Å². The van der Waals surface area contributed by atoms with Gasteiger partial charge in [-0.15, -0.1) is 0 Å². The van der Waals surface area contributed by atoms with Gasteiger partial charge in [-0.2, -0.15) is 13.2 Å². The molecule has 0 saturated carbocycles. The molecule has 0 saturated heterocycles. The van der Waals surface area contributed by atoms with Crippen LogP contribution < -0.4 is 0 Å². The largest absolute Gasteiger partial charge is 0.508 e. The van der Waals surface area contributed by atoms with Crippen LogP contribution in [0.15, 0.2) is 24.3 Å². The summed E-state index contributed by atoms with van der Waals surface area (Å²) in [6.45, 7) is 0. The van der Waals surface area contributed by atoms with Crippen molar-refractivity contribution in [2.75, 3.05) is 14.2 Å². The molecule has 0 radical (unpaired) electrons. The summed E-state index contributed by atoms with van der Waals surface area (Å²) in [6.07, 6.45) is -4.83. The quantitative estimate of drug-likeness (QED) is 0.831. The highest BCUT2D eigenvalue weighted by Crippen LogP contribution is 2.37. The minimum Gasteiger partial charge on any atom is -0.508 e. The molecule has 0 aromatic heterocycles. The number of methoxy groups -OCH3 is 2. The predicted molar refractivity (Wildman–Crippen MR) is 59.2 cm³/mol. The molecule has 1 aromatic rings. The van der Waals surface area contributed by atoms with Gasteiger partial charge in [-0.1, -0.05) is 12.1 Å². The van der Waals surface area contributed by atoms with Gasteiger partial charge in [-0.25, -0.2) is 0 Å². The van der Waals surface area contributed by atoms with Gasteiger partial charge < -0.3 is 14.6 Å². The molecular formula is C12H15F3O3. The first-order valence-corrected chi connectivity index (χ1v) is 5.29. The number of benzene rings is 1. The molecule has 0 heterocycles. The molecule has 102 valence electrons. The fourth-order valence-electron chi connectivity index (χ4n) is 1.63. The fourth-order valence-corrected chi connectivity index (χ4v) is 1.63. The van der Waals surface area contributed by atoms with Crippen LogP contribution in [-0.2, 0) is 15.9 Å². The Hall–Kier alpha value is -1.27. The Bertz CT molecular complexity index is 369. The third-order valence-electron chi connectivity index (χ3n) is 2.77. The van der Waals surface area contributed by atoms with E-state index in [0.29, 0.717) is 5.56 Å². The first-order valence-electron chi connectivity index (χ1n) is 5.29. The lowest BCUT2D eigenvalue weighted by molar-refractivity contribution is -0.368. The van der Waals surface area contributed by atoms with Crippen molar-refractivity contribution in [1.29, 1.82) is 0 Å². The number of phenols is 1. The lowest BCUT2D eigenvalue weighted by Crippen LogP contribution is -2.49. The van der Waals surface area contributed by atoms with Crippen molar-refractivity contribution < 1.29 is 27.8 Å². The van der Waals surface area contributed by atoms with Crippen LogP contribution in [0.25, 0.3) is 0 Å². The maximum absolute atomic E-state index is 12.9. The molecule has 0 unspecified atom stereocenters. The number of halogens is 3. The van der Waals surface area contributed by atoms with Gasteiger partial charge in [0, 0.05) is 20.6 Å². The Morgan fingerprint density at radius 1 is 1.06 bits per heavy atom. The summed E-state index contributed by atoms with van der Waals surface area (Å²) >= 11 is 0. The lowest BCUT2D eigenvalue weighted by Gasteiger charge is -2.32. The van der Waals surface area contributed by atoms with Crippen molar-refractivity contribution in [3.8, 4) is 5.75 Å². The van der Waals surface area contributed by atoms with Crippen molar-refractivity contribution in [3.63, 3.8) is 0 Å². The van der Waals surface area contributed by atoms with Crippen LogP contribution in [0.5, 0.6) is 5.75 Å². The zero-order chi connectivity index (χ0) is 13.8. The minimum atomic E-state index is -4.60. The van der Waals surface area contributed by atoms with E-state index in [-0.39, 0.29) is 18.6 Å². The number of hydrogen-bond acceptors (Lipinski definition) is 3. The highest BCUT2D eigenvalue weighted by Gasteiger charge is 2.56. The molecule has 0 amide bonds. The second kappa shape index (κ2) is 5.58. The molecule has 6 heteroatoms. The average molecular weight is 264 g/mol. The molecule has 1 rings (SSSR count). The Morgan fingerprint density at radius 3 is 1.94 bits per heavy atom. The summed E-state index contributed by atoms with van der Waals surface area (Å²) in [5, 5.41) is 9.08. The van der Waals surface area contributed by atoms with E-state index in [1.54, 1.807) is 12.1 Å². The van der Waals surface area contributed by atoms with Crippen molar-refractivity contribution in [1.82, 2.24) is 0 Å². The number of phenolic OH excluding ortho intramolecular Hbond substituents is 1. The second-order valence-electron chi connectivity index (χ2n) is 3.83. The summed E-state index contributed by atoms with van der Waals surface area (Å²) in [4.78, 5) is 0. The Morgan fingerprint density at radius 2 is 1.56 bits per heavy atom. The third-order valence-corrected chi connectivity index (χ3v) is 2.77. The Labute approximate surface area is 103 Å². The van der Waals surface area contributed by atoms with Crippen LogP contribution in [0.2, 0.25) is 0 Å². The van der Waals surface area contributed by atoms with Crippen LogP contribution in [0, 0.1) is 0 Å². The molecule has 0 atom stereocenters. The average Bonchev–Trinajstić information content (AvgIpc) is 2.31. The third kappa shape index (κ3) is 3.14. The molecule has 3 nitrogen and oxygen atoms in total. The van der Waals surface area contributed by atoms with Gasteiger partial charge in [0.25, 0.3) is 5.79 Å². The SMILES string of the molecule is COC(CCc1ccc(O)cc1)(OC)C(F)(F)F. The van der Waals surface area contributed by atoms with Crippen LogP contribution in [0.1, 0.15) is 12.0 Å². The molecule has 0 spiro atoms. The van der Waals surface area contributed by atoms with E-state index < -0.39 is 12.0 Å². The standard InChI is InChI=1S/C12H15F3O3/c1-17-11(18-2,12(13,14)15)8-7-9-3-5-10(16)6-4-9/h3-6,16H,7-8H2,1-2H3. The van der Waals surface area contributed by atoms with E-state index in [1.165, 1.54) is 12.1 Å². The zero-order valence-corrected chi connectivity index (χ0v) is 10.1. The lowest BCUT2D eigenvalue weighted by atomic mass is 10.0. The number of aromatic hydroxyl groups is 1. The van der Waals surface area contributed by atoms with Gasteiger partial charge in [0.2, 0.25) is 0 Å². The van der Waals surface area contributed by atoms with Crippen LogP contribution >= 0.6 is 0 Å². The molecule has 0 bridgehead atoms. The smallest absolute Gasteiger partial charge is 0.443 e. The summed E-state index contributed by atoms with van der Waals surface area (Å²) < 4.78 is 47.6. The molecule has 1 aromatic carbocycles. The first-order chi connectivity index (χ1) is 8.34. The highest BCUT2D eigenvalue weighted by atomic mass is 19.4. The summed E-state index contributed by atoms with van der Waals surface area (Å²) in [7, 11) is 1.93. The van der Waals surface area contributed by atoms with E-state index in [0.717, 1.165) is 14.2 Å². The van der Waals surface area contributed by atoms with Gasteiger partial charge in [-0.05, 0) is 24.1 Å². The van der Waals surface area contributed by atoms with E-state index in [2.05, 4.69) is 9.47 Å². The van der Waals surface area contributed by atoms with Crippen molar-refractivity contribution >= 4 is 0 Å². The summed E-state index contributed by atoms with van der Waals surface area (Å²) in [6, 6.07) is 5.96. The maximum atomic E-state index is 12.9. The topological polar surface area (TPSA) is 38.7 Å². The number of alkyl halides is 3. The summed E-state index contributed by atoms with van der Waals surface area (Å²) in [5.41, 5.74) is 0.663. The molecule has 0 aliphatic rings. The molecule has 0 aliphatic carbocycles. The molecule has 1 N–H and O–H groups in total. The van der Waals surface area contributed by atoms with Crippen molar-refractivity contribution in [2.24, 2.45) is 0 Å². The first kappa shape index (κ1) is 14.8. The van der Waals surface area contributed by atoms with Gasteiger partial charge in [0.15, 0.2) is 0 Å². The maximum Gasteiger partial charge on any atom is 0.443 e. The van der Waals surface area contributed by atoms with E-state index >= 15 is 0 Å². The number of rotatable bonds is 5. The van der Waals surface area contributed by atoms with Gasteiger partial charge in [-0.3, -0.25) is 0 Å². The molecule has 18 heavy (non-hydrogen) atoms. The molecule has 0 fully saturated rings. The summed E-state index contributed by atoms with van der Waals surface area (Å²) in [5.74, 6) is -2.52. The normalized spacial score (nSPS) is 12.7. The Balaban J connectivity index is 2.77. The highest BCUT2D eigenvalue weighted by molar-refractivity contribution is 5.26. The van der Waals surface area contributed by atoms with Crippen molar-refractivity contribution in [3.05, 3.63) is 29.8 Å².